The SMILES string of the molecule is COc1cc(C)cc(C)c1C(=O)C1CCCNC1. The highest BCUT2D eigenvalue weighted by molar-refractivity contribution is 6.02. The van der Waals surface area contributed by atoms with Crippen LogP contribution in [0.2, 0.25) is 0 Å². The van der Waals surface area contributed by atoms with E-state index in [1.807, 2.05) is 26.0 Å². The van der Waals surface area contributed by atoms with E-state index < -0.39 is 0 Å². The van der Waals surface area contributed by atoms with E-state index in [1.165, 1.54) is 0 Å². The van der Waals surface area contributed by atoms with Gasteiger partial charge in [0.2, 0.25) is 0 Å². The van der Waals surface area contributed by atoms with Crippen molar-refractivity contribution in [3.63, 3.8) is 0 Å². The number of ether oxygens (including phenoxy) is 1. The van der Waals surface area contributed by atoms with Crippen molar-refractivity contribution < 1.29 is 9.53 Å². The molecule has 1 N–H and O–H groups in total. The molecule has 1 aromatic rings. The van der Waals surface area contributed by atoms with Gasteiger partial charge in [-0.15, -0.1) is 0 Å². The standard InChI is InChI=1S/C15H21NO2/c1-10-7-11(2)14(13(8-10)18-3)15(17)12-5-4-6-16-9-12/h7-8,12,16H,4-6,9H2,1-3H3. The number of carbonyl (C=O) groups excluding carboxylic acids is 1. The van der Waals surface area contributed by atoms with Crippen molar-refractivity contribution in [2.75, 3.05) is 20.2 Å². The van der Waals surface area contributed by atoms with Gasteiger partial charge in [0, 0.05) is 12.5 Å². The van der Waals surface area contributed by atoms with Crippen LogP contribution in [0.4, 0.5) is 0 Å². The normalized spacial score (nSPS) is 19.6. The van der Waals surface area contributed by atoms with Crippen LogP contribution in [-0.4, -0.2) is 26.0 Å². The summed E-state index contributed by atoms with van der Waals surface area (Å²) >= 11 is 0. The molecule has 0 aromatic heterocycles. The molecule has 0 spiro atoms. The van der Waals surface area contributed by atoms with E-state index in [1.54, 1.807) is 7.11 Å². The summed E-state index contributed by atoms with van der Waals surface area (Å²) in [6.45, 7) is 5.81. The van der Waals surface area contributed by atoms with Crippen molar-refractivity contribution in [3.8, 4) is 5.75 Å². The molecule has 1 fully saturated rings. The van der Waals surface area contributed by atoms with Gasteiger partial charge in [-0.2, -0.15) is 0 Å². The van der Waals surface area contributed by atoms with Crippen LogP contribution in [0, 0.1) is 19.8 Å². The molecule has 1 saturated heterocycles. The zero-order valence-corrected chi connectivity index (χ0v) is 11.4. The van der Waals surface area contributed by atoms with Crippen LogP contribution in [0.25, 0.3) is 0 Å². The number of nitrogens with one attached hydrogen (secondary N) is 1. The van der Waals surface area contributed by atoms with Gasteiger partial charge in [0.05, 0.1) is 12.7 Å². The van der Waals surface area contributed by atoms with Gasteiger partial charge < -0.3 is 10.1 Å². The average molecular weight is 247 g/mol. The van der Waals surface area contributed by atoms with Gasteiger partial charge in [0.25, 0.3) is 0 Å². The van der Waals surface area contributed by atoms with Crippen LogP contribution in [0.15, 0.2) is 12.1 Å². The van der Waals surface area contributed by atoms with Gasteiger partial charge >= 0.3 is 0 Å². The molecule has 3 nitrogen and oxygen atoms in total. The second-order valence-corrected chi connectivity index (χ2v) is 5.07. The minimum atomic E-state index is 0.0917. The second kappa shape index (κ2) is 5.53. The van der Waals surface area contributed by atoms with Crippen molar-refractivity contribution in [1.29, 1.82) is 0 Å². The molecule has 1 atom stereocenters. The number of methoxy groups -OCH3 is 1. The molecule has 98 valence electrons. The first-order chi connectivity index (χ1) is 8.63. The van der Waals surface area contributed by atoms with E-state index in [2.05, 4.69) is 5.32 Å². The fourth-order valence-corrected chi connectivity index (χ4v) is 2.69. The molecular formula is C15H21NO2. The summed E-state index contributed by atoms with van der Waals surface area (Å²) in [6.07, 6.45) is 2.05. The summed E-state index contributed by atoms with van der Waals surface area (Å²) in [4.78, 5) is 12.6. The minimum Gasteiger partial charge on any atom is -0.496 e. The van der Waals surface area contributed by atoms with Crippen LogP contribution in [0.3, 0.4) is 0 Å². The number of Topliss-reactive ketones (excluding diaryl/α,β-unsaturated/α-hetero) is 1. The summed E-state index contributed by atoms with van der Waals surface area (Å²) < 4.78 is 5.38. The Morgan fingerprint density at radius 2 is 2.17 bits per heavy atom. The zero-order valence-electron chi connectivity index (χ0n) is 11.4. The molecule has 1 aliphatic heterocycles. The molecule has 1 heterocycles. The van der Waals surface area contributed by atoms with Gasteiger partial charge in [0.15, 0.2) is 5.78 Å². The van der Waals surface area contributed by atoms with E-state index in [0.717, 1.165) is 42.6 Å². The lowest BCUT2D eigenvalue weighted by molar-refractivity contribution is 0.0896. The van der Waals surface area contributed by atoms with Crippen LogP contribution in [-0.2, 0) is 0 Å². The van der Waals surface area contributed by atoms with Gasteiger partial charge in [-0.05, 0) is 50.4 Å². The number of piperidine rings is 1. The first-order valence-corrected chi connectivity index (χ1v) is 6.53. The van der Waals surface area contributed by atoms with E-state index >= 15 is 0 Å². The molecule has 2 rings (SSSR count). The Hall–Kier alpha value is -1.35. The average Bonchev–Trinajstić information content (AvgIpc) is 2.38. The maximum absolute atomic E-state index is 12.6. The summed E-state index contributed by atoms with van der Waals surface area (Å²) in [5.41, 5.74) is 2.90. The molecule has 18 heavy (non-hydrogen) atoms. The Bertz CT molecular complexity index is 448. The van der Waals surface area contributed by atoms with Crippen molar-refractivity contribution in [2.45, 2.75) is 26.7 Å². The summed E-state index contributed by atoms with van der Waals surface area (Å²) in [5, 5.41) is 3.29. The first-order valence-electron chi connectivity index (χ1n) is 6.53. The van der Waals surface area contributed by atoms with Crippen molar-refractivity contribution in [2.24, 2.45) is 5.92 Å². The lowest BCUT2D eigenvalue weighted by Crippen LogP contribution is -2.34. The van der Waals surface area contributed by atoms with Crippen molar-refractivity contribution >= 4 is 5.78 Å². The van der Waals surface area contributed by atoms with Gasteiger partial charge in [-0.1, -0.05) is 6.07 Å². The summed E-state index contributed by atoms with van der Waals surface area (Å²) in [5.74, 6) is 1.02. The molecule has 1 aromatic carbocycles. The zero-order chi connectivity index (χ0) is 13.1. The summed E-state index contributed by atoms with van der Waals surface area (Å²) in [6, 6.07) is 3.99. The number of rotatable bonds is 3. The quantitative estimate of drug-likeness (QED) is 0.834. The highest BCUT2D eigenvalue weighted by Gasteiger charge is 2.26. The predicted molar refractivity (Wildman–Crippen MR) is 72.4 cm³/mol. The molecule has 0 amide bonds. The number of carbonyl (C=O) groups is 1. The molecule has 1 unspecified atom stereocenters. The van der Waals surface area contributed by atoms with Crippen LogP contribution >= 0.6 is 0 Å². The number of aryl methyl sites for hydroxylation is 2. The van der Waals surface area contributed by atoms with Crippen molar-refractivity contribution in [1.82, 2.24) is 5.32 Å². The second-order valence-electron chi connectivity index (χ2n) is 5.07. The van der Waals surface area contributed by atoms with Crippen molar-refractivity contribution in [3.05, 3.63) is 28.8 Å². The van der Waals surface area contributed by atoms with E-state index in [9.17, 15) is 4.79 Å². The van der Waals surface area contributed by atoms with Gasteiger partial charge in [-0.3, -0.25) is 4.79 Å². The predicted octanol–water partition coefficient (Wildman–Crippen LogP) is 2.49. The Morgan fingerprint density at radius 3 is 2.78 bits per heavy atom. The molecule has 3 heteroatoms. The molecule has 0 radical (unpaired) electrons. The maximum atomic E-state index is 12.6. The van der Waals surface area contributed by atoms with E-state index in [-0.39, 0.29) is 11.7 Å². The van der Waals surface area contributed by atoms with Crippen LogP contribution in [0.1, 0.15) is 34.3 Å². The third-order valence-electron chi connectivity index (χ3n) is 3.58. The first kappa shape index (κ1) is 13.1. The largest absolute Gasteiger partial charge is 0.496 e. The summed E-state index contributed by atoms with van der Waals surface area (Å²) in [7, 11) is 1.63. The third-order valence-corrected chi connectivity index (χ3v) is 3.58. The number of ketones is 1. The molecular weight excluding hydrogens is 226 g/mol. The Labute approximate surface area is 109 Å². The Kier molecular flexibility index (Phi) is 4.02. The molecule has 0 bridgehead atoms. The maximum Gasteiger partial charge on any atom is 0.171 e. The Morgan fingerprint density at radius 1 is 1.39 bits per heavy atom. The lowest BCUT2D eigenvalue weighted by Gasteiger charge is -2.23. The van der Waals surface area contributed by atoms with Crippen LogP contribution < -0.4 is 10.1 Å². The van der Waals surface area contributed by atoms with E-state index in [4.69, 9.17) is 4.74 Å². The van der Waals surface area contributed by atoms with Gasteiger partial charge in [0.1, 0.15) is 5.75 Å². The monoisotopic (exact) mass is 247 g/mol. The van der Waals surface area contributed by atoms with E-state index in [0.29, 0.717) is 5.75 Å². The molecule has 0 aliphatic carbocycles. The molecule has 1 aliphatic rings. The fourth-order valence-electron chi connectivity index (χ4n) is 2.69. The smallest absolute Gasteiger partial charge is 0.171 e. The lowest BCUT2D eigenvalue weighted by atomic mass is 9.88. The number of hydrogen-bond acceptors (Lipinski definition) is 3. The van der Waals surface area contributed by atoms with Gasteiger partial charge in [-0.25, -0.2) is 0 Å². The minimum absolute atomic E-state index is 0.0917. The van der Waals surface area contributed by atoms with Crippen LogP contribution in [0.5, 0.6) is 5.75 Å². The molecule has 0 saturated carbocycles. The number of benzene rings is 1. The highest BCUT2D eigenvalue weighted by atomic mass is 16.5. The topological polar surface area (TPSA) is 38.3 Å². The Balaban J connectivity index is 2.34. The highest BCUT2D eigenvalue weighted by Crippen LogP contribution is 2.28. The fraction of sp³-hybridized carbons (Fsp3) is 0.533. The third kappa shape index (κ3) is 2.56. The number of hydrogen-bond donors (Lipinski definition) is 1.